The quantitative estimate of drug-likeness (QED) is 0.730. The van der Waals surface area contributed by atoms with Crippen LogP contribution in [0.4, 0.5) is 0 Å². The Morgan fingerprint density at radius 2 is 1.00 bits per heavy atom. The minimum absolute atomic E-state index is 0.143. The summed E-state index contributed by atoms with van der Waals surface area (Å²) in [6, 6.07) is 7.16. The van der Waals surface area contributed by atoms with E-state index in [0.717, 1.165) is 44.5 Å². The zero-order valence-corrected chi connectivity index (χ0v) is 17.2. The van der Waals surface area contributed by atoms with Crippen molar-refractivity contribution in [1.82, 2.24) is 0 Å². The number of benzene rings is 2. The van der Waals surface area contributed by atoms with Gasteiger partial charge in [0.2, 0.25) is 10.2 Å². The molecule has 2 aromatic carbocycles. The molecule has 4 rings (SSSR count). The number of carbonyl (C=O) groups excluding carboxylic acids is 2. The fourth-order valence-electron chi connectivity index (χ4n) is 3.37. The van der Waals surface area contributed by atoms with Crippen LogP contribution >= 0.6 is 23.5 Å². The summed E-state index contributed by atoms with van der Waals surface area (Å²) in [7, 11) is 6.05. The number of ether oxygens (including phenoxy) is 4. The Labute approximate surface area is 170 Å². The molecule has 6 nitrogen and oxygen atoms in total. The Hall–Kier alpha value is -2.58. The van der Waals surface area contributed by atoms with Gasteiger partial charge in [0, 0.05) is 20.9 Å². The van der Waals surface area contributed by atoms with E-state index in [1.54, 1.807) is 12.1 Å². The monoisotopic (exact) mass is 416 g/mol. The van der Waals surface area contributed by atoms with Crippen LogP contribution in [0.2, 0.25) is 0 Å². The van der Waals surface area contributed by atoms with Gasteiger partial charge in [-0.05, 0) is 47.8 Å². The molecule has 0 saturated carbocycles. The van der Waals surface area contributed by atoms with Crippen molar-refractivity contribution in [2.24, 2.45) is 0 Å². The Kier molecular flexibility index (Phi) is 4.76. The van der Waals surface area contributed by atoms with E-state index < -0.39 is 0 Å². The van der Waals surface area contributed by atoms with E-state index in [-0.39, 0.29) is 10.2 Å². The van der Waals surface area contributed by atoms with Gasteiger partial charge in [0.05, 0.1) is 39.6 Å². The molecule has 0 N–H and O–H groups in total. The first-order valence-corrected chi connectivity index (χ1v) is 9.88. The van der Waals surface area contributed by atoms with Gasteiger partial charge in [0.15, 0.2) is 23.0 Å². The molecule has 0 fully saturated rings. The molecule has 0 aromatic heterocycles. The summed E-state index contributed by atoms with van der Waals surface area (Å²) < 4.78 is 21.5. The van der Waals surface area contributed by atoms with Gasteiger partial charge in [-0.15, -0.1) is 0 Å². The molecule has 0 radical (unpaired) electrons. The number of hydrogen-bond donors (Lipinski definition) is 0. The maximum atomic E-state index is 12.8. The summed E-state index contributed by atoms with van der Waals surface area (Å²) in [4.78, 5) is 27.0. The minimum Gasteiger partial charge on any atom is -0.493 e. The van der Waals surface area contributed by atoms with Crippen molar-refractivity contribution in [1.29, 1.82) is 0 Å². The van der Waals surface area contributed by atoms with E-state index in [4.69, 9.17) is 18.9 Å². The van der Waals surface area contributed by atoms with Gasteiger partial charge in [-0.1, -0.05) is 0 Å². The second kappa shape index (κ2) is 7.10. The predicted octanol–water partition coefficient (Wildman–Crippen LogP) is 4.32. The molecule has 0 spiro atoms. The van der Waals surface area contributed by atoms with Crippen molar-refractivity contribution in [3.05, 3.63) is 46.5 Å². The van der Waals surface area contributed by atoms with Crippen molar-refractivity contribution in [2.45, 2.75) is 0 Å². The maximum absolute atomic E-state index is 12.8. The van der Waals surface area contributed by atoms with Crippen LogP contribution in [-0.2, 0) is 0 Å². The third-order valence-electron chi connectivity index (χ3n) is 4.58. The Morgan fingerprint density at radius 1 is 0.607 bits per heavy atom. The SMILES string of the molecule is COc1ccc2c(c1OC)C(=O)S/C2=C1\SC(=O)c2c1ccc(OC)c2OC. The molecular formula is C20H16O6S2. The van der Waals surface area contributed by atoms with Crippen molar-refractivity contribution in [2.75, 3.05) is 28.4 Å². The van der Waals surface area contributed by atoms with Crippen LogP contribution in [0.25, 0.3) is 9.81 Å². The van der Waals surface area contributed by atoms with Gasteiger partial charge in [-0.25, -0.2) is 0 Å². The lowest BCUT2D eigenvalue weighted by molar-refractivity contribution is 0.108. The Morgan fingerprint density at radius 3 is 1.32 bits per heavy atom. The number of fused-ring (bicyclic) bond motifs is 2. The molecule has 8 heteroatoms. The molecule has 0 aliphatic carbocycles. The van der Waals surface area contributed by atoms with Gasteiger partial charge in [0.1, 0.15) is 0 Å². The third-order valence-corrected chi connectivity index (χ3v) is 6.75. The molecule has 28 heavy (non-hydrogen) atoms. The summed E-state index contributed by atoms with van der Waals surface area (Å²) in [6.07, 6.45) is 0. The van der Waals surface area contributed by atoms with E-state index in [0.29, 0.717) is 34.1 Å². The standard InChI is InChI=1S/C20H16O6S2/c1-23-11-7-5-9-13(15(11)25-3)19(21)27-17(9)18-10-6-8-12(24-2)16(26-4)14(10)20(22)28-18/h5-8H,1-4H3/b18-17-. The van der Waals surface area contributed by atoms with Gasteiger partial charge in [-0.2, -0.15) is 0 Å². The van der Waals surface area contributed by atoms with E-state index in [2.05, 4.69) is 0 Å². The molecule has 0 saturated heterocycles. The Bertz CT molecular complexity index is 974. The van der Waals surface area contributed by atoms with Gasteiger partial charge in [-0.3, -0.25) is 9.59 Å². The summed E-state index contributed by atoms with van der Waals surface area (Å²) in [6.45, 7) is 0. The number of hydrogen-bond acceptors (Lipinski definition) is 8. The highest BCUT2D eigenvalue weighted by atomic mass is 32.2. The largest absolute Gasteiger partial charge is 0.493 e. The summed E-state index contributed by atoms with van der Waals surface area (Å²) >= 11 is 2.18. The van der Waals surface area contributed by atoms with Crippen molar-refractivity contribution in [3.8, 4) is 23.0 Å². The lowest BCUT2D eigenvalue weighted by atomic mass is 10.0. The molecule has 2 heterocycles. The zero-order valence-electron chi connectivity index (χ0n) is 15.6. The first kappa shape index (κ1) is 18.8. The maximum Gasteiger partial charge on any atom is 0.228 e. The van der Waals surface area contributed by atoms with Gasteiger partial charge < -0.3 is 18.9 Å². The normalized spacial score (nSPS) is 17.4. The smallest absolute Gasteiger partial charge is 0.228 e. The zero-order chi connectivity index (χ0) is 20.0. The van der Waals surface area contributed by atoms with Crippen molar-refractivity contribution in [3.63, 3.8) is 0 Å². The van der Waals surface area contributed by atoms with E-state index >= 15 is 0 Å². The van der Waals surface area contributed by atoms with Crippen LogP contribution in [-0.4, -0.2) is 38.7 Å². The third kappa shape index (κ3) is 2.59. The molecule has 2 aliphatic heterocycles. The van der Waals surface area contributed by atoms with Crippen LogP contribution < -0.4 is 18.9 Å². The van der Waals surface area contributed by atoms with Gasteiger partial charge in [0.25, 0.3) is 0 Å². The second-order valence-electron chi connectivity index (χ2n) is 5.88. The number of methoxy groups -OCH3 is 4. The molecule has 0 unspecified atom stereocenters. The van der Waals surface area contributed by atoms with Crippen molar-refractivity contribution < 1.29 is 28.5 Å². The minimum atomic E-state index is -0.143. The van der Waals surface area contributed by atoms with Crippen LogP contribution in [0.15, 0.2) is 24.3 Å². The van der Waals surface area contributed by atoms with E-state index in [1.165, 1.54) is 28.4 Å². The molecule has 144 valence electrons. The first-order chi connectivity index (χ1) is 13.5. The molecular weight excluding hydrogens is 400 g/mol. The highest BCUT2D eigenvalue weighted by molar-refractivity contribution is 8.27. The van der Waals surface area contributed by atoms with E-state index in [9.17, 15) is 9.59 Å². The van der Waals surface area contributed by atoms with Gasteiger partial charge >= 0.3 is 0 Å². The second-order valence-corrected chi connectivity index (χ2v) is 7.85. The molecule has 2 aromatic rings. The Balaban J connectivity index is 1.97. The van der Waals surface area contributed by atoms with Crippen LogP contribution in [0, 0.1) is 0 Å². The van der Waals surface area contributed by atoms with E-state index in [1.807, 2.05) is 12.1 Å². The van der Waals surface area contributed by atoms with Crippen molar-refractivity contribution >= 4 is 43.6 Å². The average Bonchev–Trinajstić information content (AvgIpc) is 3.23. The molecule has 0 atom stereocenters. The first-order valence-electron chi connectivity index (χ1n) is 8.25. The number of carbonyl (C=O) groups is 2. The number of thioether (sulfide) groups is 2. The highest BCUT2D eigenvalue weighted by Gasteiger charge is 2.38. The van der Waals surface area contributed by atoms with Crippen LogP contribution in [0.5, 0.6) is 23.0 Å². The summed E-state index contributed by atoms with van der Waals surface area (Å²) in [5, 5.41) is -0.287. The fourth-order valence-corrected chi connectivity index (χ4v) is 5.57. The molecule has 2 aliphatic rings. The lowest BCUT2D eigenvalue weighted by Crippen LogP contribution is -1.99. The lowest BCUT2D eigenvalue weighted by Gasteiger charge is -2.12. The number of rotatable bonds is 4. The fraction of sp³-hybridized carbons (Fsp3) is 0.200. The van der Waals surface area contributed by atoms with Crippen LogP contribution in [0.3, 0.4) is 0 Å². The molecule has 0 amide bonds. The highest BCUT2D eigenvalue weighted by Crippen LogP contribution is 2.57. The average molecular weight is 416 g/mol. The summed E-state index contributed by atoms with van der Waals surface area (Å²) in [5.74, 6) is 1.77. The van der Waals surface area contributed by atoms with Crippen LogP contribution in [0.1, 0.15) is 31.8 Å². The predicted molar refractivity (Wildman–Crippen MR) is 110 cm³/mol. The molecule has 0 bridgehead atoms. The summed E-state index contributed by atoms with van der Waals surface area (Å²) in [5.41, 5.74) is 2.36. The topological polar surface area (TPSA) is 71.1 Å².